The molecule has 1 aliphatic heterocycles. The molecule has 0 saturated heterocycles. The molecule has 3 aromatic rings. The first-order valence-electron chi connectivity index (χ1n) is 8.11. The van der Waals surface area contributed by atoms with Gasteiger partial charge in [-0.1, -0.05) is 23.7 Å². The van der Waals surface area contributed by atoms with Crippen LogP contribution in [0.2, 0.25) is 5.02 Å². The number of hydrogen-bond acceptors (Lipinski definition) is 4. The molecule has 4 rings (SSSR count). The minimum Gasteiger partial charge on any atom is -0.478 e. The number of carbonyl (C=O) groups excluding carboxylic acids is 1. The van der Waals surface area contributed by atoms with Gasteiger partial charge in [-0.3, -0.25) is 4.79 Å². The Bertz CT molecular complexity index is 1020. The van der Waals surface area contributed by atoms with E-state index in [4.69, 9.17) is 16.7 Å². The number of hydrogen-bond donors (Lipinski definition) is 2. The molecule has 27 heavy (non-hydrogen) atoms. The first-order chi connectivity index (χ1) is 13.0. The number of nitrogens with zero attached hydrogens (tertiary/aromatic N) is 2. The number of rotatable bonds is 3. The molecule has 1 aromatic heterocycles. The van der Waals surface area contributed by atoms with Crippen molar-refractivity contribution in [3.05, 3.63) is 76.4 Å². The van der Waals surface area contributed by atoms with Crippen LogP contribution in [0.3, 0.4) is 0 Å². The van der Waals surface area contributed by atoms with E-state index in [2.05, 4.69) is 10.4 Å². The predicted molar refractivity (Wildman–Crippen MR) is 105 cm³/mol. The Morgan fingerprint density at radius 2 is 1.89 bits per heavy atom. The summed E-state index contributed by atoms with van der Waals surface area (Å²) in [6.45, 7) is 0. The van der Waals surface area contributed by atoms with Gasteiger partial charge in [-0.05, 0) is 42.0 Å². The van der Waals surface area contributed by atoms with Crippen LogP contribution in [0, 0.1) is 0 Å². The molecule has 0 bridgehead atoms. The van der Waals surface area contributed by atoms with E-state index in [1.54, 1.807) is 23.0 Å². The minimum atomic E-state index is -0.992. The minimum absolute atomic E-state index is 0.0664. The third-order valence-electron chi connectivity index (χ3n) is 4.25. The maximum Gasteiger partial charge on any atom is 0.335 e. The van der Waals surface area contributed by atoms with Crippen molar-refractivity contribution in [2.45, 2.75) is 5.25 Å². The second-order valence-electron chi connectivity index (χ2n) is 6.00. The van der Waals surface area contributed by atoms with Gasteiger partial charge in [0.05, 0.1) is 28.5 Å². The van der Waals surface area contributed by atoms with Gasteiger partial charge in [0.2, 0.25) is 5.91 Å². The lowest BCUT2D eigenvalue weighted by Gasteiger charge is -2.14. The number of fused-ring (bicyclic) bond motifs is 1. The molecule has 1 amide bonds. The molecule has 2 N–H and O–H groups in total. The Balaban J connectivity index is 1.78. The van der Waals surface area contributed by atoms with Gasteiger partial charge < -0.3 is 10.4 Å². The Labute approximate surface area is 164 Å². The van der Waals surface area contributed by atoms with Crippen molar-refractivity contribution in [1.82, 2.24) is 9.78 Å². The third-order valence-corrected chi connectivity index (χ3v) is 5.79. The lowest BCUT2D eigenvalue weighted by atomic mass is 10.1. The van der Waals surface area contributed by atoms with Crippen molar-refractivity contribution >= 4 is 41.1 Å². The second kappa shape index (κ2) is 7.09. The zero-order valence-corrected chi connectivity index (χ0v) is 15.5. The first kappa shape index (κ1) is 17.6. The number of nitrogens with one attached hydrogen (secondary N) is 1. The lowest BCUT2D eigenvalue weighted by Crippen LogP contribution is -2.15. The molecule has 0 fully saturated rings. The topological polar surface area (TPSA) is 84.2 Å². The number of halogens is 1. The van der Waals surface area contributed by atoms with Crippen molar-refractivity contribution in [2.24, 2.45) is 0 Å². The van der Waals surface area contributed by atoms with E-state index in [-0.39, 0.29) is 16.7 Å². The Hall–Kier alpha value is -2.77. The number of carbonyl (C=O) groups is 2. The van der Waals surface area contributed by atoms with E-state index in [1.807, 2.05) is 24.3 Å². The van der Waals surface area contributed by atoms with Crippen molar-refractivity contribution in [3.8, 4) is 5.69 Å². The van der Waals surface area contributed by atoms with Gasteiger partial charge in [0, 0.05) is 10.6 Å². The van der Waals surface area contributed by atoms with Crippen LogP contribution in [-0.4, -0.2) is 32.5 Å². The highest BCUT2D eigenvalue weighted by molar-refractivity contribution is 8.00. The van der Waals surface area contributed by atoms with E-state index in [9.17, 15) is 9.59 Å². The maximum atomic E-state index is 12.2. The molecule has 2 aromatic carbocycles. The molecule has 1 atom stereocenters. The summed E-state index contributed by atoms with van der Waals surface area (Å²) in [6, 6.07) is 13.9. The number of anilines is 1. The average Bonchev–Trinajstić information content (AvgIpc) is 2.99. The lowest BCUT2D eigenvalue weighted by molar-refractivity contribution is -0.113. The summed E-state index contributed by atoms with van der Waals surface area (Å²) in [5, 5.41) is 17.0. The fraction of sp³-hybridized carbons (Fsp3) is 0.105. The third kappa shape index (κ3) is 3.43. The monoisotopic (exact) mass is 399 g/mol. The van der Waals surface area contributed by atoms with E-state index in [0.29, 0.717) is 22.3 Å². The zero-order valence-electron chi connectivity index (χ0n) is 13.9. The molecule has 8 heteroatoms. The van der Waals surface area contributed by atoms with Crippen molar-refractivity contribution in [2.75, 3.05) is 11.1 Å². The quantitative estimate of drug-likeness (QED) is 0.695. The summed E-state index contributed by atoms with van der Waals surface area (Å²) >= 11 is 7.52. The predicted octanol–water partition coefficient (Wildman–Crippen LogP) is 4.00. The van der Waals surface area contributed by atoms with Crippen LogP contribution in [-0.2, 0) is 4.79 Å². The summed E-state index contributed by atoms with van der Waals surface area (Å²) in [6.07, 6.45) is 1.73. The highest BCUT2D eigenvalue weighted by atomic mass is 35.5. The molecule has 6 nitrogen and oxygen atoms in total. The molecular formula is C19H14ClN3O3S. The second-order valence-corrected chi connectivity index (χ2v) is 7.53. The Morgan fingerprint density at radius 3 is 2.56 bits per heavy atom. The SMILES string of the molecule is O=C1CS[C@H](c2ccc(Cl)cc2)c2cnn(-c3ccc(C(=O)O)cc3)c2N1. The number of aromatic nitrogens is 2. The van der Waals surface area contributed by atoms with Crippen LogP contribution in [0.25, 0.3) is 5.69 Å². The van der Waals surface area contributed by atoms with Gasteiger partial charge in [0.25, 0.3) is 0 Å². The van der Waals surface area contributed by atoms with E-state index < -0.39 is 5.97 Å². The van der Waals surface area contributed by atoms with Crippen molar-refractivity contribution in [3.63, 3.8) is 0 Å². The molecular weight excluding hydrogens is 386 g/mol. The molecule has 0 aliphatic carbocycles. The van der Waals surface area contributed by atoms with Gasteiger partial charge in [0.15, 0.2) is 0 Å². The van der Waals surface area contributed by atoms with E-state index in [1.165, 1.54) is 23.9 Å². The van der Waals surface area contributed by atoms with Gasteiger partial charge in [-0.25, -0.2) is 9.48 Å². The van der Waals surface area contributed by atoms with Crippen LogP contribution in [0.15, 0.2) is 54.7 Å². The fourth-order valence-corrected chi connectivity index (χ4v) is 4.17. The van der Waals surface area contributed by atoms with Crippen molar-refractivity contribution < 1.29 is 14.7 Å². The molecule has 0 unspecified atom stereocenters. The highest BCUT2D eigenvalue weighted by Gasteiger charge is 2.28. The Kier molecular flexibility index (Phi) is 4.63. The number of carboxylic acids is 1. The van der Waals surface area contributed by atoms with Crippen LogP contribution < -0.4 is 5.32 Å². The molecule has 1 aliphatic rings. The fourth-order valence-electron chi connectivity index (χ4n) is 2.95. The van der Waals surface area contributed by atoms with Gasteiger partial charge in [-0.15, -0.1) is 11.8 Å². The van der Waals surface area contributed by atoms with Gasteiger partial charge >= 0.3 is 5.97 Å². The maximum absolute atomic E-state index is 12.2. The standard InChI is InChI=1S/C19H14ClN3O3S/c20-13-5-1-11(2-6-13)17-15-9-21-23(18(15)22-16(24)10-27-17)14-7-3-12(4-8-14)19(25)26/h1-9,17H,10H2,(H,22,24)(H,25,26)/t17-/m1/s1. The first-order valence-corrected chi connectivity index (χ1v) is 9.54. The van der Waals surface area contributed by atoms with Gasteiger partial charge in [-0.2, -0.15) is 5.10 Å². The molecule has 2 heterocycles. The van der Waals surface area contributed by atoms with Gasteiger partial charge in [0.1, 0.15) is 5.82 Å². The summed E-state index contributed by atoms with van der Waals surface area (Å²) in [7, 11) is 0. The Morgan fingerprint density at radius 1 is 1.19 bits per heavy atom. The van der Waals surface area contributed by atoms with Crippen LogP contribution >= 0.6 is 23.4 Å². The van der Waals surface area contributed by atoms with Crippen LogP contribution in [0.1, 0.15) is 26.7 Å². The average molecular weight is 400 g/mol. The molecule has 0 radical (unpaired) electrons. The number of benzene rings is 2. The number of thioether (sulfide) groups is 1. The van der Waals surface area contributed by atoms with Crippen LogP contribution in [0.5, 0.6) is 0 Å². The summed E-state index contributed by atoms with van der Waals surface area (Å²) in [5.74, 6) is -0.192. The number of carboxylic acid groups (broad SMARTS) is 1. The largest absolute Gasteiger partial charge is 0.478 e. The van der Waals surface area contributed by atoms with Crippen molar-refractivity contribution in [1.29, 1.82) is 0 Å². The van der Waals surface area contributed by atoms with Crippen LogP contribution in [0.4, 0.5) is 5.82 Å². The zero-order chi connectivity index (χ0) is 19.0. The van der Waals surface area contributed by atoms with E-state index >= 15 is 0 Å². The summed E-state index contributed by atoms with van der Waals surface area (Å²) in [5.41, 5.74) is 2.78. The summed E-state index contributed by atoms with van der Waals surface area (Å²) < 4.78 is 1.62. The normalized spacial score (nSPS) is 16.3. The highest BCUT2D eigenvalue weighted by Crippen LogP contribution is 2.42. The molecule has 0 spiro atoms. The molecule has 0 saturated carbocycles. The number of amides is 1. The molecule has 136 valence electrons. The smallest absolute Gasteiger partial charge is 0.335 e. The summed E-state index contributed by atoms with van der Waals surface area (Å²) in [4.78, 5) is 23.3. The van der Waals surface area contributed by atoms with E-state index in [0.717, 1.165) is 11.1 Å². The number of aromatic carboxylic acids is 1.